The van der Waals surface area contributed by atoms with Gasteiger partial charge in [-0.25, -0.2) is 9.50 Å². The molecule has 12 heavy (non-hydrogen) atoms. The fourth-order valence-electron chi connectivity index (χ4n) is 0.994. The van der Waals surface area contributed by atoms with Crippen molar-refractivity contribution in [3.05, 3.63) is 26.7 Å². The first-order valence-electron chi connectivity index (χ1n) is 3.36. The lowest BCUT2D eigenvalue weighted by Gasteiger charge is -1.93. The summed E-state index contributed by atoms with van der Waals surface area (Å²) in [5, 5.41) is 4.59. The first-order chi connectivity index (χ1) is 5.68. The van der Waals surface area contributed by atoms with Crippen LogP contribution in [0, 0.1) is 10.6 Å². The Balaban J connectivity index is 2.88. The van der Waals surface area contributed by atoms with Crippen molar-refractivity contribution in [2.24, 2.45) is 0 Å². The molecule has 0 saturated heterocycles. The third kappa shape index (κ3) is 1.19. The maximum absolute atomic E-state index is 5.74. The Bertz CT molecular complexity index is 437. The van der Waals surface area contributed by atoms with Crippen molar-refractivity contribution in [2.75, 3.05) is 0 Å². The van der Waals surface area contributed by atoms with E-state index in [0.717, 1.165) is 15.0 Å². The van der Waals surface area contributed by atoms with Crippen LogP contribution in [0.15, 0.2) is 12.1 Å². The van der Waals surface area contributed by atoms with Crippen LogP contribution in [-0.4, -0.2) is 14.6 Å². The molecule has 0 aromatic carbocycles. The molecule has 2 heterocycles. The molecular formula is C7H5ClIN3. The molecule has 0 aliphatic rings. The quantitative estimate of drug-likeness (QED) is 0.698. The molecule has 62 valence electrons. The van der Waals surface area contributed by atoms with Crippen LogP contribution >= 0.6 is 34.2 Å². The SMILES string of the molecule is Cc1nc2ccc(Cl)nn2c1I. The predicted octanol–water partition coefficient (Wildman–Crippen LogP) is 2.30. The number of rotatable bonds is 0. The topological polar surface area (TPSA) is 30.2 Å². The minimum absolute atomic E-state index is 0.484. The number of fused-ring (bicyclic) bond motifs is 1. The molecule has 0 radical (unpaired) electrons. The number of hydrogen-bond donors (Lipinski definition) is 0. The van der Waals surface area contributed by atoms with Gasteiger partial charge in [0.05, 0.1) is 5.69 Å². The van der Waals surface area contributed by atoms with Crippen molar-refractivity contribution >= 4 is 39.8 Å². The number of aryl methyl sites for hydroxylation is 1. The standard InChI is InChI=1S/C7H5ClIN3/c1-4-7(9)12-6(10-4)3-2-5(8)11-12/h2-3H,1H3. The summed E-state index contributed by atoms with van der Waals surface area (Å²) in [5.41, 5.74) is 1.81. The number of halogens is 2. The van der Waals surface area contributed by atoms with E-state index in [4.69, 9.17) is 11.6 Å². The van der Waals surface area contributed by atoms with Gasteiger partial charge in [-0.05, 0) is 41.6 Å². The van der Waals surface area contributed by atoms with E-state index < -0.39 is 0 Å². The zero-order valence-corrected chi connectivity index (χ0v) is 9.17. The van der Waals surface area contributed by atoms with Gasteiger partial charge in [0.1, 0.15) is 8.85 Å². The highest BCUT2D eigenvalue weighted by Gasteiger charge is 2.05. The van der Waals surface area contributed by atoms with Gasteiger partial charge in [-0.1, -0.05) is 11.6 Å². The second-order valence-corrected chi connectivity index (χ2v) is 3.82. The number of aromatic nitrogens is 3. The van der Waals surface area contributed by atoms with Gasteiger partial charge in [0.2, 0.25) is 0 Å². The van der Waals surface area contributed by atoms with E-state index in [1.165, 1.54) is 0 Å². The van der Waals surface area contributed by atoms with Crippen molar-refractivity contribution in [1.29, 1.82) is 0 Å². The number of nitrogens with zero attached hydrogens (tertiary/aromatic N) is 3. The Morgan fingerprint density at radius 1 is 1.50 bits per heavy atom. The molecule has 0 N–H and O–H groups in total. The van der Waals surface area contributed by atoms with E-state index in [1.54, 1.807) is 10.6 Å². The highest BCUT2D eigenvalue weighted by Crippen LogP contribution is 2.14. The smallest absolute Gasteiger partial charge is 0.155 e. The Kier molecular flexibility index (Phi) is 1.96. The molecule has 5 heteroatoms. The Labute approximate surface area is 87.9 Å². The summed E-state index contributed by atoms with van der Waals surface area (Å²) in [6, 6.07) is 3.59. The zero-order valence-electron chi connectivity index (χ0n) is 6.25. The molecule has 3 nitrogen and oxygen atoms in total. The molecule has 0 amide bonds. The molecule has 2 aromatic heterocycles. The van der Waals surface area contributed by atoms with Crippen LogP contribution in [0.4, 0.5) is 0 Å². The largest absolute Gasteiger partial charge is 0.231 e. The molecule has 0 unspecified atom stereocenters. The van der Waals surface area contributed by atoms with Gasteiger partial charge < -0.3 is 0 Å². The first kappa shape index (κ1) is 8.25. The highest BCUT2D eigenvalue weighted by atomic mass is 127. The van der Waals surface area contributed by atoms with Crippen molar-refractivity contribution in [1.82, 2.24) is 14.6 Å². The molecule has 0 aliphatic carbocycles. The molecule has 0 aliphatic heterocycles. The average molecular weight is 293 g/mol. The van der Waals surface area contributed by atoms with Crippen LogP contribution in [0.1, 0.15) is 5.69 Å². The van der Waals surface area contributed by atoms with Crippen LogP contribution < -0.4 is 0 Å². The van der Waals surface area contributed by atoms with Crippen LogP contribution in [-0.2, 0) is 0 Å². The lowest BCUT2D eigenvalue weighted by molar-refractivity contribution is 0.911. The summed E-state index contributed by atoms with van der Waals surface area (Å²) in [4.78, 5) is 4.29. The fourth-order valence-corrected chi connectivity index (χ4v) is 1.61. The average Bonchev–Trinajstić information content (AvgIpc) is 2.31. The van der Waals surface area contributed by atoms with Gasteiger partial charge in [-0.15, -0.1) is 0 Å². The normalized spacial score (nSPS) is 10.9. The second-order valence-electron chi connectivity index (χ2n) is 2.41. The maximum atomic E-state index is 5.74. The molecule has 0 atom stereocenters. The van der Waals surface area contributed by atoms with Crippen molar-refractivity contribution < 1.29 is 0 Å². The van der Waals surface area contributed by atoms with E-state index in [0.29, 0.717) is 5.15 Å². The molecule has 2 aromatic rings. The predicted molar refractivity (Wildman–Crippen MR) is 55.5 cm³/mol. The first-order valence-corrected chi connectivity index (χ1v) is 4.81. The summed E-state index contributed by atoms with van der Waals surface area (Å²) >= 11 is 7.93. The lowest BCUT2D eigenvalue weighted by Crippen LogP contribution is -1.93. The Morgan fingerprint density at radius 3 is 3.00 bits per heavy atom. The van der Waals surface area contributed by atoms with Crippen LogP contribution in [0.2, 0.25) is 5.15 Å². The monoisotopic (exact) mass is 293 g/mol. The van der Waals surface area contributed by atoms with E-state index in [2.05, 4.69) is 32.7 Å². The number of imidazole rings is 1. The molecule has 0 saturated carbocycles. The van der Waals surface area contributed by atoms with Crippen molar-refractivity contribution in [2.45, 2.75) is 6.92 Å². The van der Waals surface area contributed by atoms with Gasteiger partial charge in [0, 0.05) is 0 Å². The maximum Gasteiger partial charge on any atom is 0.155 e. The summed E-state index contributed by atoms with van der Waals surface area (Å²) in [6.07, 6.45) is 0. The minimum Gasteiger partial charge on any atom is -0.231 e. The van der Waals surface area contributed by atoms with Gasteiger partial charge in [-0.3, -0.25) is 0 Å². The van der Waals surface area contributed by atoms with Gasteiger partial charge in [0.15, 0.2) is 5.65 Å². The summed E-state index contributed by atoms with van der Waals surface area (Å²) in [5.74, 6) is 0. The summed E-state index contributed by atoms with van der Waals surface area (Å²) < 4.78 is 2.74. The summed E-state index contributed by atoms with van der Waals surface area (Å²) in [7, 11) is 0. The minimum atomic E-state index is 0.484. The second kappa shape index (κ2) is 2.85. The van der Waals surface area contributed by atoms with E-state index >= 15 is 0 Å². The van der Waals surface area contributed by atoms with E-state index in [-0.39, 0.29) is 0 Å². The Hall–Kier alpha value is -0.360. The molecule has 0 fully saturated rings. The number of hydrogen-bond acceptors (Lipinski definition) is 2. The fraction of sp³-hybridized carbons (Fsp3) is 0.143. The Morgan fingerprint density at radius 2 is 2.25 bits per heavy atom. The van der Waals surface area contributed by atoms with Gasteiger partial charge in [-0.2, -0.15) is 5.10 Å². The third-order valence-electron chi connectivity index (χ3n) is 1.55. The molecule has 0 spiro atoms. The van der Waals surface area contributed by atoms with Crippen molar-refractivity contribution in [3.63, 3.8) is 0 Å². The molecule has 2 rings (SSSR count). The highest BCUT2D eigenvalue weighted by molar-refractivity contribution is 14.1. The lowest BCUT2D eigenvalue weighted by atomic mass is 10.6. The zero-order chi connectivity index (χ0) is 8.72. The van der Waals surface area contributed by atoms with Crippen LogP contribution in [0.25, 0.3) is 5.65 Å². The van der Waals surface area contributed by atoms with Gasteiger partial charge in [0.25, 0.3) is 0 Å². The van der Waals surface area contributed by atoms with Crippen LogP contribution in [0.3, 0.4) is 0 Å². The van der Waals surface area contributed by atoms with E-state index in [1.807, 2.05) is 13.0 Å². The summed E-state index contributed by atoms with van der Waals surface area (Å²) in [6.45, 7) is 1.95. The van der Waals surface area contributed by atoms with E-state index in [9.17, 15) is 0 Å². The van der Waals surface area contributed by atoms with Crippen molar-refractivity contribution in [3.8, 4) is 0 Å². The van der Waals surface area contributed by atoms with Gasteiger partial charge >= 0.3 is 0 Å². The van der Waals surface area contributed by atoms with Crippen LogP contribution in [0.5, 0.6) is 0 Å². The molecule has 0 bridgehead atoms. The molecular weight excluding hydrogens is 288 g/mol. The third-order valence-corrected chi connectivity index (χ3v) is 2.99.